The van der Waals surface area contributed by atoms with E-state index < -0.39 is 0 Å². The summed E-state index contributed by atoms with van der Waals surface area (Å²) in [5.74, 6) is 1.16. The highest BCUT2D eigenvalue weighted by Gasteiger charge is 2.27. The van der Waals surface area contributed by atoms with Crippen LogP contribution >= 0.6 is 11.3 Å². The van der Waals surface area contributed by atoms with Crippen molar-refractivity contribution in [3.05, 3.63) is 76.5 Å². The predicted octanol–water partition coefficient (Wildman–Crippen LogP) is 3.70. The van der Waals surface area contributed by atoms with Gasteiger partial charge in [0.2, 0.25) is 0 Å². The highest BCUT2D eigenvalue weighted by atomic mass is 32.1. The Balaban J connectivity index is 1.67. The van der Waals surface area contributed by atoms with E-state index in [9.17, 15) is 0 Å². The van der Waals surface area contributed by atoms with E-state index in [1.807, 2.05) is 6.20 Å². The fourth-order valence-corrected chi connectivity index (χ4v) is 3.69. The first kappa shape index (κ1) is 12.8. The molecule has 4 rings (SSSR count). The quantitative estimate of drug-likeness (QED) is 0.734. The minimum Gasteiger partial charge on any atom is -0.332 e. The maximum Gasteiger partial charge on any atom is 0.122 e. The second-order valence-corrected chi connectivity index (χ2v) is 6.24. The number of imidazole rings is 1. The fourth-order valence-electron chi connectivity index (χ4n) is 3.03. The summed E-state index contributed by atoms with van der Waals surface area (Å²) in [6.07, 6.45) is 4.00. The summed E-state index contributed by atoms with van der Waals surface area (Å²) >= 11 is 1.76. The number of benzene rings is 1. The smallest absolute Gasteiger partial charge is 0.122 e. The Kier molecular flexibility index (Phi) is 3.33. The van der Waals surface area contributed by atoms with Crippen LogP contribution in [0, 0.1) is 0 Å². The van der Waals surface area contributed by atoms with E-state index in [1.54, 1.807) is 11.3 Å². The highest BCUT2D eigenvalue weighted by Crippen LogP contribution is 2.30. The Morgan fingerprint density at radius 1 is 1.19 bits per heavy atom. The lowest BCUT2D eigenvalue weighted by Crippen LogP contribution is -2.36. The van der Waals surface area contributed by atoms with Gasteiger partial charge in [-0.1, -0.05) is 30.3 Å². The third-order valence-electron chi connectivity index (χ3n) is 4.11. The molecule has 0 amide bonds. The van der Waals surface area contributed by atoms with Crippen LogP contribution in [0.15, 0.2) is 59.6 Å². The van der Waals surface area contributed by atoms with Gasteiger partial charge in [-0.25, -0.2) is 4.98 Å². The van der Waals surface area contributed by atoms with Crippen LogP contribution in [0.25, 0.3) is 0 Å². The average Bonchev–Trinajstić information content (AvgIpc) is 3.18. The van der Waals surface area contributed by atoms with E-state index >= 15 is 0 Å². The average molecular weight is 295 g/mol. The number of aromatic nitrogens is 2. The van der Waals surface area contributed by atoms with E-state index in [1.165, 1.54) is 11.1 Å². The van der Waals surface area contributed by atoms with Crippen molar-refractivity contribution in [2.45, 2.75) is 25.7 Å². The Hall–Kier alpha value is -1.91. The number of hydrogen-bond acceptors (Lipinski definition) is 3. The van der Waals surface area contributed by atoms with Crippen molar-refractivity contribution in [1.29, 1.82) is 0 Å². The molecular weight excluding hydrogens is 278 g/mol. The Labute approximate surface area is 128 Å². The molecule has 1 atom stereocenters. The largest absolute Gasteiger partial charge is 0.332 e. The zero-order valence-corrected chi connectivity index (χ0v) is 12.5. The molecule has 4 heteroatoms. The van der Waals surface area contributed by atoms with Crippen molar-refractivity contribution in [1.82, 2.24) is 14.5 Å². The summed E-state index contributed by atoms with van der Waals surface area (Å²) in [6.45, 7) is 2.86. The second kappa shape index (κ2) is 5.47. The molecule has 0 saturated heterocycles. The Bertz CT molecular complexity index is 703. The number of hydrogen-bond donors (Lipinski definition) is 0. The van der Waals surface area contributed by atoms with Crippen molar-refractivity contribution in [2.75, 3.05) is 0 Å². The first-order valence-electron chi connectivity index (χ1n) is 7.20. The number of thiophene rings is 1. The van der Waals surface area contributed by atoms with Gasteiger partial charge in [-0.15, -0.1) is 0 Å². The van der Waals surface area contributed by atoms with Crippen molar-refractivity contribution in [2.24, 2.45) is 0 Å². The zero-order valence-electron chi connectivity index (χ0n) is 11.7. The molecule has 3 heterocycles. The van der Waals surface area contributed by atoms with Crippen molar-refractivity contribution in [3.8, 4) is 0 Å². The molecule has 0 radical (unpaired) electrons. The molecule has 0 fully saturated rings. The van der Waals surface area contributed by atoms with Gasteiger partial charge in [0.25, 0.3) is 0 Å². The number of fused-ring (bicyclic) bond motifs is 1. The third kappa shape index (κ3) is 2.52. The van der Waals surface area contributed by atoms with Gasteiger partial charge in [-0.3, -0.25) is 4.90 Å². The number of rotatable bonds is 3. The molecule has 21 heavy (non-hydrogen) atoms. The molecule has 3 aromatic rings. The molecule has 1 aromatic carbocycles. The van der Waals surface area contributed by atoms with Crippen LogP contribution in [0.1, 0.15) is 23.0 Å². The maximum atomic E-state index is 4.49. The SMILES string of the molecule is c1ccc([C@H]2Cn3ccnc3CN2Cc2ccsc2)cc1. The fraction of sp³-hybridized carbons (Fsp3) is 0.235. The first-order chi connectivity index (χ1) is 10.4. The molecule has 3 nitrogen and oxygen atoms in total. The zero-order chi connectivity index (χ0) is 14.1. The van der Waals surface area contributed by atoms with E-state index in [-0.39, 0.29) is 0 Å². The molecule has 2 aromatic heterocycles. The lowest BCUT2D eigenvalue weighted by atomic mass is 10.0. The molecular formula is C17H17N3S. The van der Waals surface area contributed by atoms with Crippen LogP contribution in [0.3, 0.4) is 0 Å². The van der Waals surface area contributed by atoms with Gasteiger partial charge in [0, 0.05) is 25.5 Å². The summed E-state index contributed by atoms with van der Waals surface area (Å²) in [5.41, 5.74) is 2.77. The summed E-state index contributed by atoms with van der Waals surface area (Å²) < 4.78 is 2.28. The molecule has 106 valence electrons. The van der Waals surface area contributed by atoms with Crippen LogP contribution in [0.5, 0.6) is 0 Å². The highest BCUT2D eigenvalue weighted by molar-refractivity contribution is 7.07. The molecule has 0 bridgehead atoms. The molecule has 0 unspecified atom stereocenters. The van der Waals surface area contributed by atoms with Gasteiger partial charge >= 0.3 is 0 Å². The van der Waals surface area contributed by atoms with Crippen molar-refractivity contribution >= 4 is 11.3 Å². The maximum absolute atomic E-state index is 4.49. The summed E-state index contributed by atoms with van der Waals surface area (Å²) in [7, 11) is 0. The van der Waals surface area contributed by atoms with Gasteiger partial charge in [-0.05, 0) is 28.0 Å². The van der Waals surface area contributed by atoms with Crippen LogP contribution in [0.4, 0.5) is 0 Å². The monoisotopic (exact) mass is 295 g/mol. The lowest BCUT2D eigenvalue weighted by Gasteiger charge is -2.36. The van der Waals surface area contributed by atoms with Gasteiger partial charge < -0.3 is 4.57 Å². The van der Waals surface area contributed by atoms with Gasteiger partial charge in [0.05, 0.1) is 12.6 Å². The number of nitrogens with zero attached hydrogens (tertiary/aromatic N) is 3. The lowest BCUT2D eigenvalue weighted by molar-refractivity contribution is 0.128. The summed E-state index contributed by atoms with van der Waals surface area (Å²) in [4.78, 5) is 7.02. The van der Waals surface area contributed by atoms with Crippen LogP contribution in [0.2, 0.25) is 0 Å². The molecule has 1 aliphatic rings. The Morgan fingerprint density at radius 2 is 2.10 bits per heavy atom. The van der Waals surface area contributed by atoms with Crippen LogP contribution < -0.4 is 0 Å². The van der Waals surface area contributed by atoms with Crippen LogP contribution in [-0.4, -0.2) is 14.5 Å². The molecule has 0 spiro atoms. The molecule has 0 aliphatic carbocycles. The Morgan fingerprint density at radius 3 is 2.90 bits per heavy atom. The first-order valence-corrected chi connectivity index (χ1v) is 8.14. The molecule has 0 saturated carbocycles. The standard InChI is InChI=1S/C17H17N3S/c1-2-4-15(5-3-1)16-11-19-8-7-18-17(19)12-20(16)10-14-6-9-21-13-14/h1-9,13,16H,10-12H2/t16-/m1/s1. The molecule has 1 aliphatic heterocycles. The van der Waals surface area contributed by atoms with E-state index in [0.717, 1.165) is 25.5 Å². The summed E-state index contributed by atoms with van der Waals surface area (Å²) in [5, 5.41) is 4.39. The van der Waals surface area contributed by atoms with E-state index in [0.29, 0.717) is 6.04 Å². The van der Waals surface area contributed by atoms with Gasteiger partial charge in [0.15, 0.2) is 0 Å². The predicted molar refractivity (Wildman–Crippen MR) is 85.0 cm³/mol. The van der Waals surface area contributed by atoms with E-state index in [4.69, 9.17) is 0 Å². The van der Waals surface area contributed by atoms with E-state index in [2.05, 4.69) is 67.8 Å². The minimum absolute atomic E-state index is 0.410. The topological polar surface area (TPSA) is 21.1 Å². The normalized spacial score (nSPS) is 18.6. The van der Waals surface area contributed by atoms with Crippen LogP contribution in [-0.2, 0) is 19.6 Å². The van der Waals surface area contributed by atoms with Gasteiger partial charge in [-0.2, -0.15) is 11.3 Å². The minimum atomic E-state index is 0.410. The third-order valence-corrected chi connectivity index (χ3v) is 4.84. The summed E-state index contributed by atoms with van der Waals surface area (Å²) in [6, 6.07) is 13.4. The van der Waals surface area contributed by atoms with Gasteiger partial charge in [0.1, 0.15) is 5.82 Å². The second-order valence-electron chi connectivity index (χ2n) is 5.46. The molecule has 0 N–H and O–H groups in total. The van der Waals surface area contributed by atoms with Crippen molar-refractivity contribution in [3.63, 3.8) is 0 Å². The van der Waals surface area contributed by atoms with Crippen molar-refractivity contribution < 1.29 is 0 Å².